The number of hydrogen-bond donors (Lipinski definition) is 1. The van der Waals surface area contributed by atoms with Gasteiger partial charge in [0.25, 0.3) is 0 Å². The molecule has 0 saturated carbocycles. The minimum absolute atomic E-state index is 0.868. The highest BCUT2D eigenvalue weighted by molar-refractivity contribution is 4.83. The Morgan fingerprint density at radius 1 is 1.38 bits per heavy atom. The molecule has 1 N–H and O–H groups in total. The van der Waals surface area contributed by atoms with E-state index in [1.165, 1.54) is 32.4 Å². The van der Waals surface area contributed by atoms with Gasteiger partial charge in [-0.2, -0.15) is 0 Å². The summed E-state index contributed by atoms with van der Waals surface area (Å²) >= 11 is 0. The highest BCUT2D eigenvalue weighted by Gasteiger charge is 2.32. The molecule has 2 rings (SSSR count). The van der Waals surface area contributed by atoms with E-state index in [0.717, 1.165) is 31.0 Å². The molecule has 2 heterocycles. The lowest BCUT2D eigenvalue weighted by Gasteiger charge is -2.35. The van der Waals surface area contributed by atoms with Gasteiger partial charge in [0.2, 0.25) is 0 Å². The summed E-state index contributed by atoms with van der Waals surface area (Å²) in [5.41, 5.74) is 0. The summed E-state index contributed by atoms with van der Waals surface area (Å²) in [6.07, 6.45) is 4.00. The predicted octanol–water partition coefficient (Wildman–Crippen LogP) is 1.66. The molecule has 2 aliphatic heterocycles. The molecule has 0 radical (unpaired) electrons. The van der Waals surface area contributed by atoms with Gasteiger partial charge in [-0.3, -0.25) is 0 Å². The molecule has 2 nitrogen and oxygen atoms in total. The van der Waals surface area contributed by atoms with E-state index in [4.69, 9.17) is 4.74 Å². The van der Waals surface area contributed by atoms with Crippen LogP contribution in [0.1, 0.15) is 26.2 Å². The molecule has 0 bridgehead atoms. The van der Waals surface area contributed by atoms with E-state index in [1.807, 2.05) is 0 Å². The molecule has 3 unspecified atom stereocenters. The van der Waals surface area contributed by atoms with Crippen LogP contribution in [0.3, 0.4) is 0 Å². The number of ether oxygens (including phenoxy) is 1. The quantitative estimate of drug-likeness (QED) is 0.703. The molecule has 2 saturated heterocycles. The van der Waals surface area contributed by atoms with E-state index >= 15 is 0 Å². The molecule has 2 heteroatoms. The minimum atomic E-state index is 0.868. The van der Waals surface area contributed by atoms with Crippen molar-refractivity contribution in [3.63, 3.8) is 0 Å². The van der Waals surface area contributed by atoms with Gasteiger partial charge < -0.3 is 10.1 Å². The van der Waals surface area contributed by atoms with Crippen LogP contribution in [0.4, 0.5) is 0 Å². The first-order chi connectivity index (χ1) is 6.42. The number of hydrogen-bond acceptors (Lipinski definition) is 2. The van der Waals surface area contributed by atoms with Crippen LogP contribution in [0.2, 0.25) is 0 Å². The Morgan fingerprint density at radius 3 is 3.00 bits per heavy atom. The second kappa shape index (κ2) is 4.43. The van der Waals surface area contributed by atoms with Crippen molar-refractivity contribution in [1.82, 2.24) is 5.32 Å². The molecule has 3 atom stereocenters. The predicted molar refractivity (Wildman–Crippen MR) is 53.7 cm³/mol. The van der Waals surface area contributed by atoms with Crippen LogP contribution in [-0.4, -0.2) is 26.3 Å². The Balaban J connectivity index is 1.93. The molecule has 0 aromatic heterocycles. The maximum absolute atomic E-state index is 5.48. The summed E-state index contributed by atoms with van der Waals surface area (Å²) in [5, 5.41) is 3.50. The van der Waals surface area contributed by atoms with Gasteiger partial charge in [-0.05, 0) is 43.7 Å². The van der Waals surface area contributed by atoms with Crippen molar-refractivity contribution < 1.29 is 4.74 Å². The molecule has 0 amide bonds. The SMILES string of the molecule is CCC1CNCCC1C1CCOC1. The fourth-order valence-corrected chi connectivity index (χ4v) is 2.90. The Bertz CT molecular complexity index is 152. The Labute approximate surface area is 81.0 Å². The largest absolute Gasteiger partial charge is 0.381 e. The first-order valence-corrected chi connectivity index (χ1v) is 5.70. The summed E-state index contributed by atoms with van der Waals surface area (Å²) in [5.74, 6) is 2.71. The monoisotopic (exact) mass is 183 g/mol. The zero-order chi connectivity index (χ0) is 9.10. The summed E-state index contributed by atoms with van der Waals surface area (Å²) in [6, 6.07) is 0. The van der Waals surface area contributed by atoms with Crippen molar-refractivity contribution in [2.75, 3.05) is 26.3 Å². The van der Waals surface area contributed by atoms with Gasteiger partial charge in [-0.15, -0.1) is 0 Å². The van der Waals surface area contributed by atoms with Crippen molar-refractivity contribution in [3.8, 4) is 0 Å². The van der Waals surface area contributed by atoms with Crippen LogP contribution in [0.15, 0.2) is 0 Å². The van der Waals surface area contributed by atoms with Crippen LogP contribution in [0.25, 0.3) is 0 Å². The fraction of sp³-hybridized carbons (Fsp3) is 1.00. The molecule has 76 valence electrons. The third-order valence-corrected chi connectivity index (χ3v) is 3.76. The lowest BCUT2D eigenvalue weighted by Crippen LogP contribution is -2.39. The number of piperidine rings is 1. The zero-order valence-corrected chi connectivity index (χ0v) is 8.59. The minimum Gasteiger partial charge on any atom is -0.381 e. The summed E-state index contributed by atoms with van der Waals surface area (Å²) in [7, 11) is 0. The van der Waals surface area contributed by atoms with Gasteiger partial charge >= 0.3 is 0 Å². The molecular weight excluding hydrogens is 162 g/mol. The van der Waals surface area contributed by atoms with Gasteiger partial charge in [-0.1, -0.05) is 13.3 Å². The summed E-state index contributed by atoms with van der Waals surface area (Å²) in [4.78, 5) is 0. The molecular formula is C11H21NO. The molecule has 0 aliphatic carbocycles. The standard InChI is InChI=1S/C11H21NO/c1-2-9-7-12-5-3-11(9)10-4-6-13-8-10/h9-12H,2-8H2,1H3. The molecule has 2 aliphatic rings. The van der Waals surface area contributed by atoms with E-state index in [-0.39, 0.29) is 0 Å². The number of nitrogens with one attached hydrogen (secondary N) is 1. The van der Waals surface area contributed by atoms with Crippen LogP contribution in [0.5, 0.6) is 0 Å². The smallest absolute Gasteiger partial charge is 0.0497 e. The van der Waals surface area contributed by atoms with Crippen molar-refractivity contribution in [2.24, 2.45) is 17.8 Å². The van der Waals surface area contributed by atoms with Crippen molar-refractivity contribution >= 4 is 0 Å². The normalized spacial score (nSPS) is 40.8. The van der Waals surface area contributed by atoms with Crippen molar-refractivity contribution in [1.29, 1.82) is 0 Å². The lowest BCUT2D eigenvalue weighted by atomic mass is 9.76. The van der Waals surface area contributed by atoms with Gasteiger partial charge in [-0.25, -0.2) is 0 Å². The van der Waals surface area contributed by atoms with Crippen LogP contribution in [-0.2, 0) is 4.74 Å². The molecule has 0 aromatic carbocycles. The zero-order valence-electron chi connectivity index (χ0n) is 8.59. The average molecular weight is 183 g/mol. The number of rotatable bonds is 2. The van der Waals surface area contributed by atoms with E-state index < -0.39 is 0 Å². The molecule has 2 fully saturated rings. The van der Waals surface area contributed by atoms with Gasteiger partial charge in [0.15, 0.2) is 0 Å². The topological polar surface area (TPSA) is 21.3 Å². The molecule has 0 aromatic rings. The second-order valence-electron chi connectivity index (χ2n) is 4.45. The first kappa shape index (κ1) is 9.47. The van der Waals surface area contributed by atoms with Crippen LogP contribution < -0.4 is 5.32 Å². The van der Waals surface area contributed by atoms with Gasteiger partial charge in [0.05, 0.1) is 0 Å². The van der Waals surface area contributed by atoms with Crippen LogP contribution in [0, 0.1) is 17.8 Å². The molecule has 0 spiro atoms. The maximum atomic E-state index is 5.48. The third-order valence-electron chi connectivity index (χ3n) is 3.76. The van der Waals surface area contributed by atoms with Gasteiger partial charge in [0.1, 0.15) is 0 Å². The van der Waals surface area contributed by atoms with E-state index in [1.54, 1.807) is 0 Å². The Hall–Kier alpha value is -0.0800. The first-order valence-electron chi connectivity index (χ1n) is 5.70. The summed E-state index contributed by atoms with van der Waals surface area (Å²) < 4.78 is 5.48. The Kier molecular flexibility index (Phi) is 3.23. The van der Waals surface area contributed by atoms with Crippen molar-refractivity contribution in [2.45, 2.75) is 26.2 Å². The van der Waals surface area contributed by atoms with E-state index in [0.29, 0.717) is 0 Å². The third kappa shape index (κ3) is 2.05. The fourth-order valence-electron chi connectivity index (χ4n) is 2.90. The van der Waals surface area contributed by atoms with E-state index in [2.05, 4.69) is 12.2 Å². The van der Waals surface area contributed by atoms with E-state index in [9.17, 15) is 0 Å². The maximum Gasteiger partial charge on any atom is 0.0497 e. The Morgan fingerprint density at radius 2 is 2.31 bits per heavy atom. The highest BCUT2D eigenvalue weighted by atomic mass is 16.5. The van der Waals surface area contributed by atoms with Gasteiger partial charge in [0, 0.05) is 13.2 Å². The lowest BCUT2D eigenvalue weighted by molar-refractivity contribution is 0.132. The molecule has 13 heavy (non-hydrogen) atoms. The van der Waals surface area contributed by atoms with Crippen molar-refractivity contribution in [3.05, 3.63) is 0 Å². The highest BCUT2D eigenvalue weighted by Crippen LogP contribution is 2.33. The van der Waals surface area contributed by atoms with Crippen LogP contribution >= 0.6 is 0 Å². The average Bonchev–Trinajstić information content (AvgIpc) is 2.70. The second-order valence-corrected chi connectivity index (χ2v) is 4.45. The summed E-state index contributed by atoms with van der Waals surface area (Å²) in [6.45, 7) is 6.81.